The highest BCUT2D eigenvalue weighted by atomic mass is 79.9. The fourth-order valence-electron chi connectivity index (χ4n) is 2.15. The van der Waals surface area contributed by atoms with Gasteiger partial charge in [0.25, 0.3) is 5.91 Å². The molecule has 0 aliphatic carbocycles. The van der Waals surface area contributed by atoms with E-state index in [0.717, 1.165) is 15.6 Å². The van der Waals surface area contributed by atoms with Gasteiger partial charge in [0.2, 0.25) is 0 Å². The van der Waals surface area contributed by atoms with E-state index in [0.29, 0.717) is 23.6 Å². The molecule has 5 nitrogen and oxygen atoms in total. The van der Waals surface area contributed by atoms with E-state index in [2.05, 4.69) is 21.2 Å². The molecule has 132 valence electrons. The van der Waals surface area contributed by atoms with Crippen molar-refractivity contribution in [2.75, 3.05) is 18.5 Å². The van der Waals surface area contributed by atoms with Crippen LogP contribution in [0.4, 0.5) is 5.69 Å². The standard InChI is InChI=1S/C19H20BrNO4/c1-4-24-19(23)14-5-7-15(8-6-14)21-18(22)11-25-17-10-12(2)16(20)9-13(17)3/h5-10H,4,11H2,1-3H3,(H,21,22). The molecule has 2 aromatic rings. The summed E-state index contributed by atoms with van der Waals surface area (Å²) in [6.07, 6.45) is 0. The molecule has 1 amide bonds. The van der Waals surface area contributed by atoms with Crippen molar-refractivity contribution < 1.29 is 19.1 Å². The Kier molecular flexibility index (Phi) is 6.58. The largest absolute Gasteiger partial charge is 0.483 e. The third-order valence-corrected chi connectivity index (χ3v) is 4.35. The number of rotatable bonds is 6. The van der Waals surface area contributed by atoms with Gasteiger partial charge in [0.15, 0.2) is 6.61 Å². The van der Waals surface area contributed by atoms with E-state index in [9.17, 15) is 9.59 Å². The minimum atomic E-state index is -0.384. The quantitative estimate of drug-likeness (QED) is 0.729. The highest BCUT2D eigenvalue weighted by molar-refractivity contribution is 9.10. The van der Waals surface area contributed by atoms with Crippen molar-refractivity contribution in [1.82, 2.24) is 0 Å². The van der Waals surface area contributed by atoms with Crippen LogP contribution in [0.2, 0.25) is 0 Å². The van der Waals surface area contributed by atoms with Gasteiger partial charge in [-0.2, -0.15) is 0 Å². The summed E-state index contributed by atoms with van der Waals surface area (Å²) in [6.45, 7) is 5.86. The number of carbonyl (C=O) groups is 2. The summed E-state index contributed by atoms with van der Waals surface area (Å²) in [7, 11) is 0. The van der Waals surface area contributed by atoms with E-state index in [1.165, 1.54) is 0 Å². The zero-order valence-electron chi connectivity index (χ0n) is 14.4. The maximum atomic E-state index is 12.0. The topological polar surface area (TPSA) is 64.6 Å². The molecule has 6 heteroatoms. The predicted molar refractivity (Wildman–Crippen MR) is 100 cm³/mol. The van der Waals surface area contributed by atoms with Crippen LogP contribution >= 0.6 is 15.9 Å². The lowest BCUT2D eigenvalue weighted by Crippen LogP contribution is -2.20. The number of anilines is 1. The molecule has 0 spiro atoms. The third-order valence-electron chi connectivity index (χ3n) is 3.49. The normalized spacial score (nSPS) is 10.2. The molecule has 0 saturated carbocycles. The SMILES string of the molecule is CCOC(=O)c1ccc(NC(=O)COc2cc(C)c(Br)cc2C)cc1. The zero-order chi connectivity index (χ0) is 18.4. The van der Waals surface area contributed by atoms with E-state index in [-0.39, 0.29) is 18.5 Å². The van der Waals surface area contributed by atoms with Crippen molar-refractivity contribution in [1.29, 1.82) is 0 Å². The van der Waals surface area contributed by atoms with Crippen molar-refractivity contribution in [3.63, 3.8) is 0 Å². The van der Waals surface area contributed by atoms with Crippen LogP contribution in [0.15, 0.2) is 40.9 Å². The molecule has 0 aromatic heterocycles. The molecule has 0 atom stereocenters. The van der Waals surface area contributed by atoms with Gasteiger partial charge >= 0.3 is 5.97 Å². The molecule has 0 radical (unpaired) electrons. The molecule has 2 rings (SSSR count). The maximum Gasteiger partial charge on any atom is 0.338 e. The molecule has 0 heterocycles. The Labute approximate surface area is 155 Å². The van der Waals surface area contributed by atoms with Crippen LogP contribution in [0.1, 0.15) is 28.4 Å². The Morgan fingerprint density at radius 1 is 1.08 bits per heavy atom. The van der Waals surface area contributed by atoms with Crippen LogP contribution in [-0.2, 0) is 9.53 Å². The molecule has 0 saturated heterocycles. The molecule has 0 aliphatic rings. The van der Waals surface area contributed by atoms with Gasteiger partial charge in [-0.15, -0.1) is 0 Å². The van der Waals surface area contributed by atoms with E-state index >= 15 is 0 Å². The second-order valence-corrected chi connectivity index (χ2v) is 6.36. The van der Waals surface area contributed by atoms with Gasteiger partial charge in [-0.1, -0.05) is 15.9 Å². The molecular formula is C19H20BrNO4. The average Bonchev–Trinajstić information content (AvgIpc) is 2.58. The molecule has 0 fully saturated rings. The summed E-state index contributed by atoms with van der Waals surface area (Å²) >= 11 is 3.46. The monoisotopic (exact) mass is 405 g/mol. The highest BCUT2D eigenvalue weighted by Gasteiger charge is 2.09. The lowest BCUT2D eigenvalue weighted by atomic mass is 10.1. The molecule has 0 aliphatic heterocycles. The van der Waals surface area contributed by atoms with Gasteiger partial charge in [0.1, 0.15) is 5.75 Å². The molecule has 0 bridgehead atoms. The van der Waals surface area contributed by atoms with Crippen molar-refractivity contribution >= 4 is 33.5 Å². The Morgan fingerprint density at radius 2 is 1.76 bits per heavy atom. The van der Waals surface area contributed by atoms with Gasteiger partial charge in [-0.05, 0) is 68.3 Å². The number of hydrogen-bond donors (Lipinski definition) is 1. The smallest absolute Gasteiger partial charge is 0.338 e. The summed E-state index contributed by atoms with van der Waals surface area (Å²) in [4.78, 5) is 23.6. The first-order valence-corrected chi connectivity index (χ1v) is 8.66. The number of esters is 1. The predicted octanol–water partition coefficient (Wildman–Crippen LogP) is 4.26. The van der Waals surface area contributed by atoms with Crippen molar-refractivity contribution in [2.24, 2.45) is 0 Å². The summed E-state index contributed by atoms with van der Waals surface area (Å²) < 4.78 is 11.5. The zero-order valence-corrected chi connectivity index (χ0v) is 16.0. The first-order chi connectivity index (χ1) is 11.9. The number of halogens is 1. The molecule has 2 aromatic carbocycles. The van der Waals surface area contributed by atoms with Crippen LogP contribution in [0, 0.1) is 13.8 Å². The van der Waals surface area contributed by atoms with Crippen molar-refractivity contribution in [3.05, 3.63) is 57.6 Å². The molecular weight excluding hydrogens is 386 g/mol. The minimum absolute atomic E-state index is 0.0957. The van der Waals surface area contributed by atoms with E-state index < -0.39 is 0 Å². The summed E-state index contributed by atoms with van der Waals surface area (Å²) in [5.41, 5.74) is 3.02. The lowest BCUT2D eigenvalue weighted by Gasteiger charge is -2.11. The van der Waals surface area contributed by atoms with Crippen LogP contribution in [-0.4, -0.2) is 25.1 Å². The van der Waals surface area contributed by atoms with Gasteiger partial charge in [0, 0.05) is 10.2 Å². The summed E-state index contributed by atoms with van der Waals surface area (Å²) in [5.74, 6) is 0.0159. The lowest BCUT2D eigenvalue weighted by molar-refractivity contribution is -0.118. The summed E-state index contributed by atoms with van der Waals surface area (Å²) in [5, 5.41) is 2.73. The van der Waals surface area contributed by atoms with Crippen molar-refractivity contribution in [3.8, 4) is 5.75 Å². The maximum absolute atomic E-state index is 12.0. The number of nitrogens with one attached hydrogen (secondary N) is 1. The first kappa shape index (κ1) is 19.0. The van der Waals surface area contributed by atoms with Crippen LogP contribution in [0.5, 0.6) is 5.75 Å². The van der Waals surface area contributed by atoms with Crippen LogP contribution < -0.4 is 10.1 Å². The van der Waals surface area contributed by atoms with Gasteiger partial charge in [0.05, 0.1) is 12.2 Å². The fraction of sp³-hybridized carbons (Fsp3) is 0.263. The number of ether oxygens (including phenoxy) is 2. The number of amides is 1. The number of carbonyl (C=O) groups excluding carboxylic acids is 2. The Hall–Kier alpha value is -2.34. The minimum Gasteiger partial charge on any atom is -0.483 e. The number of hydrogen-bond acceptors (Lipinski definition) is 4. The Morgan fingerprint density at radius 3 is 2.40 bits per heavy atom. The molecule has 0 unspecified atom stereocenters. The van der Waals surface area contributed by atoms with E-state index in [4.69, 9.17) is 9.47 Å². The first-order valence-electron chi connectivity index (χ1n) is 7.87. The van der Waals surface area contributed by atoms with Crippen molar-refractivity contribution in [2.45, 2.75) is 20.8 Å². The third kappa shape index (κ3) is 5.32. The van der Waals surface area contributed by atoms with Gasteiger partial charge in [-0.25, -0.2) is 4.79 Å². The van der Waals surface area contributed by atoms with Gasteiger partial charge < -0.3 is 14.8 Å². The molecule has 25 heavy (non-hydrogen) atoms. The average molecular weight is 406 g/mol. The number of aryl methyl sites for hydroxylation is 2. The second kappa shape index (κ2) is 8.67. The van der Waals surface area contributed by atoms with E-state index in [1.54, 1.807) is 31.2 Å². The Bertz CT molecular complexity index is 772. The molecule has 1 N–H and O–H groups in total. The van der Waals surface area contributed by atoms with E-state index in [1.807, 2.05) is 26.0 Å². The Balaban J connectivity index is 1.92. The highest BCUT2D eigenvalue weighted by Crippen LogP contribution is 2.26. The van der Waals surface area contributed by atoms with Crippen LogP contribution in [0.25, 0.3) is 0 Å². The second-order valence-electron chi connectivity index (χ2n) is 5.50. The number of benzene rings is 2. The van der Waals surface area contributed by atoms with Crippen LogP contribution in [0.3, 0.4) is 0 Å². The fourth-order valence-corrected chi connectivity index (χ4v) is 2.61. The van der Waals surface area contributed by atoms with Gasteiger partial charge in [-0.3, -0.25) is 4.79 Å². The summed E-state index contributed by atoms with van der Waals surface area (Å²) in [6, 6.07) is 10.4.